The van der Waals surface area contributed by atoms with Gasteiger partial charge in [-0.2, -0.15) is 0 Å². The van der Waals surface area contributed by atoms with Gasteiger partial charge in [0, 0.05) is 30.0 Å². The molecule has 2 aromatic heterocycles. The number of aromatic amines is 1. The zero-order valence-corrected chi connectivity index (χ0v) is 12.6. The van der Waals surface area contributed by atoms with Gasteiger partial charge in [-0.25, -0.2) is 4.98 Å². The Morgan fingerprint density at radius 3 is 2.52 bits per heavy atom. The molecule has 0 aliphatic carbocycles. The third kappa shape index (κ3) is 3.54. The van der Waals surface area contributed by atoms with Gasteiger partial charge in [0.15, 0.2) is 19.1 Å². The second-order valence-electron chi connectivity index (χ2n) is 5.61. The second kappa shape index (κ2) is 6.57. The Morgan fingerprint density at radius 2 is 1.87 bits per heavy atom. The fourth-order valence-corrected chi connectivity index (χ4v) is 2.82. The molecule has 8 nitrogen and oxygen atoms in total. The first-order valence-electron chi connectivity index (χ1n) is 7.53. The highest BCUT2D eigenvalue weighted by molar-refractivity contribution is 5.43. The fraction of sp³-hybridized carbons (Fsp3) is 0.333. The van der Waals surface area contributed by atoms with Gasteiger partial charge in [0.1, 0.15) is 0 Å². The van der Waals surface area contributed by atoms with E-state index in [1.807, 2.05) is 24.5 Å². The number of piperazine rings is 1. The summed E-state index contributed by atoms with van der Waals surface area (Å²) in [7, 11) is 0. The van der Waals surface area contributed by atoms with Crippen LogP contribution in [0.5, 0.6) is 0 Å². The molecule has 8 heteroatoms. The van der Waals surface area contributed by atoms with Crippen LogP contribution in [0.15, 0.2) is 47.7 Å². The largest absolute Gasteiger partial charge is 0.360 e. The van der Waals surface area contributed by atoms with Crippen molar-refractivity contribution in [1.29, 1.82) is 0 Å². The first-order chi connectivity index (χ1) is 11.1. The molecule has 0 unspecified atom stereocenters. The fourth-order valence-electron chi connectivity index (χ4n) is 2.82. The van der Waals surface area contributed by atoms with Gasteiger partial charge in [-0.05, 0) is 0 Å². The summed E-state index contributed by atoms with van der Waals surface area (Å²) in [6, 6.07) is 6.58. The average Bonchev–Trinajstić information content (AvgIpc) is 2.58. The number of quaternary nitrogens is 1. The Kier molecular flexibility index (Phi) is 4.33. The van der Waals surface area contributed by atoms with Crippen LogP contribution in [0.25, 0.3) is 0 Å². The number of anilines is 1. The normalized spacial score (nSPS) is 15.6. The van der Waals surface area contributed by atoms with Crippen molar-refractivity contribution in [3.63, 3.8) is 0 Å². The van der Waals surface area contributed by atoms with Gasteiger partial charge in [0.2, 0.25) is 0 Å². The van der Waals surface area contributed by atoms with E-state index in [4.69, 9.17) is 0 Å². The molecule has 1 saturated heterocycles. The molecule has 0 amide bonds. The van der Waals surface area contributed by atoms with Crippen molar-refractivity contribution in [1.82, 2.24) is 4.57 Å². The number of hydrogen-bond donors (Lipinski definition) is 1. The lowest BCUT2D eigenvalue weighted by Gasteiger charge is -2.33. The maximum atomic E-state index is 11.9. The third-order valence-electron chi connectivity index (χ3n) is 4.11. The van der Waals surface area contributed by atoms with Gasteiger partial charge in [0.05, 0.1) is 37.3 Å². The number of rotatable bonds is 4. The SMILES string of the molecule is O=c1ccc([N+](=O)[O-])cn1C[NH+]1CCN(c2cc[nH+]cc2)CC1. The van der Waals surface area contributed by atoms with Crippen molar-refractivity contribution in [3.05, 3.63) is 63.3 Å². The number of pyridine rings is 2. The number of hydrogen-bond acceptors (Lipinski definition) is 4. The molecule has 0 bridgehead atoms. The summed E-state index contributed by atoms with van der Waals surface area (Å²) in [4.78, 5) is 28.8. The molecule has 2 N–H and O–H groups in total. The predicted octanol–water partition coefficient (Wildman–Crippen LogP) is -1.07. The smallest absolute Gasteiger partial charge is 0.285 e. The molecule has 0 atom stereocenters. The Morgan fingerprint density at radius 1 is 1.17 bits per heavy atom. The lowest BCUT2D eigenvalue weighted by atomic mass is 10.3. The van der Waals surface area contributed by atoms with Gasteiger partial charge >= 0.3 is 0 Å². The van der Waals surface area contributed by atoms with Crippen LogP contribution in [0.2, 0.25) is 0 Å². The van der Waals surface area contributed by atoms with Crippen molar-refractivity contribution >= 4 is 11.4 Å². The van der Waals surface area contributed by atoms with Gasteiger partial charge < -0.3 is 9.80 Å². The van der Waals surface area contributed by atoms with E-state index in [1.54, 1.807) is 0 Å². The van der Waals surface area contributed by atoms with Crippen molar-refractivity contribution in [2.24, 2.45) is 0 Å². The van der Waals surface area contributed by atoms with E-state index in [1.165, 1.54) is 33.5 Å². The molecule has 0 saturated carbocycles. The summed E-state index contributed by atoms with van der Waals surface area (Å²) in [5.41, 5.74) is 0.919. The van der Waals surface area contributed by atoms with Crippen LogP contribution in [-0.4, -0.2) is 35.7 Å². The minimum absolute atomic E-state index is 0.0526. The number of nitrogens with one attached hydrogen (secondary N) is 2. The van der Waals surface area contributed by atoms with Crippen LogP contribution in [-0.2, 0) is 6.67 Å². The van der Waals surface area contributed by atoms with Gasteiger partial charge in [-0.1, -0.05) is 0 Å². The standard InChI is InChI=1S/C15H17N5O3/c21-15-2-1-14(20(22)23)11-19(15)12-17-7-9-18(10-8-17)13-3-5-16-6-4-13/h1-6,11H,7-10,12H2/p+2. The molecule has 0 spiro atoms. The van der Waals surface area contributed by atoms with Crippen LogP contribution in [0, 0.1) is 10.1 Å². The van der Waals surface area contributed by atoms with E-state index in [0.717, 1.165) is 26.2 Å². The molecular weight excluding hydrogens is 298 g/mol. The average molecular weight is 317 g/mol. The monoisotopic (exact) mass is 317 g/mol. The van der Waals surface area contributed by atoms with Gasteiger partial charge in [-0.15, -0.1) is 0 Å². The van der Waals surface area contributed by atoms with E-state index < -0.39 is 4.92 Å². The first kappa shape index (κ1) is 15.2. The molecule has 3 heterocycles. The quantitative estimate of drug-likeness (QED) is 0.575. The Labute approximate surface area is 132 Å². The van der Waals surface area contributed by atoms with E-state index in [2.05, 4.69) is 9.88 Å². The molecule has 2 aromatic rings. The summed E-state index contributed by atoms with van der Waals surface area (Å²) >= 11 is 0. The highest BCUT2D eigenvalue weighted by Gasteiger charge is 2.21. The minimum atomic E-state index is -0.477. The number of nitrogens with zero attached hydrogens (tertiary/aromatic N) is 3. The molecular formula is C15H19N5O3+2. The molecule has 0 aromatic carbocycles. The Balaban J connectivity index is 1.64. The molecule has 3 rings (SSSR count). The van der Waals surface area contributed by atoms with Crippen molar-refractivity contribution in [2.45, 2.75) is 6.67 Å². The maximum Gasteiger partial charge on any atom is 0.285 e. The highest BCUT2D eigenvalue weighted by Crippen LogP contribution is 2.10. The second-order valence-corrected chi connectivity index (χ2v) is 5.61. The van der Waals surface area contributed by atoms with Crippen molar-refractivity contribution < 1.29 is 14.8 Å². The Hall–Kier alpha value is -2.74. The first-order valence-corrected chi connectivity index (χ1v) is 7.53. The molecule has 0 radical (unpaired) electrons. The maximum absolute atomic E-state index is 11.9. The number of H-pyrrole nitrogens is 1. The lowest BCUT2D eigenvalue weighted by molar-refractivity contribution is -0.923. The van der Waals surface area contributed by atoms with E-state index in [9.17, 15) is 14.9 Å². The van der Waals surface area contributed by atoms with Crippen LogP contribution in [0.3, 0.4) is 0 Å². The molecule has 1 aliphatic rings. The van der Waals surface area contributed by atoms with Crippen LogP contribution in [0.4, 0.5) is 11.4 Å². The highest BCUT2D eigenvalue weighted by atomic mass is 16.6. The van der Waals surface area contributed by atoms with Gasteiger partial charge in [-0.3, -0.25) is 19.5 Å². The summed E-state index contributed by atoms with van der Waals surface area (Å²) in [5.74, 6) is 0. The number of aromatic nitrogens is 2. The van der Waals surface area contributed by atoms with E-state index >= 15 is 0 Å². The van der Waals surface area contributed by atoms with Crippen LogP contribution >= 0.6 is 0 Å². The molecule has 23 heavy (non-hydrogen) atoms. The zero-order chi connectivity index (χ0) is 16.2. The topological polar surface area (TPSA) is 87.0 Å². The predicted molar refractivity (Wildman–Crippen MR) is 83.3 cm³/mol. The number of nitro groups is 1. The van der Waals surface area contributed by atoms with Crippen molar-refractivity contribution in [2.75, 3.05) is 31.1 Å². The van der Waals surface area contributed by atoms with Crippen LogP contribution < -0.4 is 20.3 Å². The third-order valence-corrected chi connectivity index (χ3v) is 4.11. The van der Waals surface area contributed by atoms with E-state index in [0.29, 0.717) is 6.67 Å². The summed E-state index contributed by atoms with van der Waals surface area (Å²) < 4.78 is 1.43. The lowest BCUT2D eigenvalue weighted by Crippen LogP contribution is -3.14. The Bertz CT molecular complexity index is 738. The minimum Gasteiger partial charge on any atom is -0.360 e. The van der Waals surface area contributed by atoms with Gasteiger partial charge in [0.25, 0.3) is 11.2 Å². The molecule has 1 fully saturated rings. The molecule has 1 aliphatic heterocycles. The summed E-state index contributed by atoms with van der Waals surface area (Å²) in [6.45, 7) is 4.00. The summed E-state index contributed by atoms with van der Waals surface area (Å²) in [5, 5.41) is 10.8. The van der Waals surface area contributed by atoms with E-state index in [-0.39, 0.29) is 11.2 Å². The van der Waals surface area contributed by atoms with Crippen molar-refractivity contribution in [3.8, 4) is 0 Å². The van der Waals surface area contributed by atoms with Crippen LogP contribution in [0.1, 0.15) is 0 Å². The molecule has 120 valence electrons. The zero-order valence-electron chi connectivity index (χ0n) is 12.6. The summed E-state index contributed by atoms with van der Waals surface area (Å²) in [6.07, 6.45) is 5.13.